The Morgan fingerprint density at radius 2 is 1.74 bits per heavy atom. The Hall–Kier alpha value is -3.49. The predicted molar refractivity (Wildman–Crippen MR) is 113 cm³/mol. The van der Waals surface area contributed by atoms with Gasteiger partial charge >= 0.3 is 5.97 Å². The van der Waals surface area contributed by atoms with Crippen LogP contribution < -0.4 is 9.47 Å². The van der Waals surface area contributed by atoms with Gasteiger partial charge in [0, 0.05) is 12.6 Å². The molecule has 31 heavy (non-hydrogen) atoms. The van der Waals surface area contributed by atoms with E-state index in [0.717, 1.165) is 5.56 Å². The van der Waals surface area contributed by atoms with Crippen LogP contribution in [-0.4, -0.2) is 50.6 Å². The molecular weight excluding hydrogens is 400 g/mol. The van der Waals surface area contributed by atoms with Crippen LogP contribution in [0.2, 0.25) is 0 Å². The zero-order valence-electron chi connectivity index (χ0n) is 16.8. The van der Waals surface area contributed by atoms with Crippen molar-refractivity contribution in [3.8, 4) is 22.9 Å². The molecule has 1 aromatic heterocycles. The molecule has 3 N–H and O–H groups in total. The number of ether oxygens (including phenoxy) is 2. The van der Waals surface area contributed by atoms with Gasteiger partial charge in [-0.05, 0) is 36.2 Å². The van der Waals surface area contributed by atoms with Crippen molar-refractivity contribution in [2.75, 3.05) is 13.2 Å². The first-order valence-electron chi connectivity index (χ1n) is 9.82. The lowest BCUT2D eigenvalue weighted by Gasteiger charge is -2.14. The summed E-state index contributed by atoms with van der Waals surface area (Å²) in [4.78, 5) is 19.7. The van der Waals surface area contributed by atoms with Gasteiger partial charge in [-0.15, -0.1) is 0 Å². The first-order chi connectivity index (χ1) is 15.1. The first kappa shape index (κ1) is 22.2. The van der Waals surface area contributed by atoms with E-state index >= 15 is 0 Å². The van der Waals surface area contributed by atoms with E-state index in [0.29, 0.717) is 35.0 Å². The second-order valence-corrected chi connectivity index (χ2v) is 6.81. The Morgan fingerprint density at radius 1 is 1.00 bits per heavy atom. The van der Waals surface area contributed by atoms with E-state index < -0.39 is 12.1 Å². The average molecular weight is 424 g/mol. The van der Waals surface area contributed by atoms with E-state index in [4.69, 9.17) is 19.7 Å². The molecule has 0 saturated heterocycles. The number of para-hydroxylation sites is 2. The molecule has 0 aliphatic carbocycles. The van der Waals surface area contributed by atoms with Crippen molar-refractivity contribution in [1.29, 1.82) is 0 Å². The summed E-state index contributed by atoms with van der Waals surface area (Å²) in [6, 6.07) is 16.2. The van der Waals surface area contributed by atoms with Crippen molar-refractivity contribution in [2.24, 2.45) is 0 Å². The molecule has 0 fully saturated rings. The number of hydrogen-bond donors (Lipinski definition) is 3. The minimum atomic E-state index is -0.977. The third-order valence-corrected chi connectivity index (χ3v) is 4.44. The Bertz CT molecular complexity index is 1010. The number of rotatable bonds is 11. The van der Waals surface area contributed by atoms with Crippen molar-refractivity contribution < 1.29 is 29.6 Å². The molecule has 0 aliphatic heterocycles. The molecule has 0 radical (unpaired) electrons. The van der Waals surface area contributed by atoms with E-state index in [1.807, 2.05) is 30.3 Å². The maximum absolute atomic E-state index is 10.9. The predicted octanol–water partition coefficient (Wildman–Crippen LogP) is 2.47. The second kappa shape index (κ2) is 11.1. The summed E-state index contributed by atoms with van der Waals surface area (Å²) in [6.07, 6.45) is 1.05. The van der Waals surface area contributed by atoms with Crippen LogP contribution in [0.1, 0.15) is 17.7 Å². The summed E-state index contributed by atoms with van der Waals surface area (Å²) in [6.45, 7) is -0.255. The van der Waals surface area contributed by atoms with E-state index in [-0.39, 0.29) is 26.2 Å². The number of aliphatic carboxylic acids is 1. The molecule has 3 aromatic rings. The Labute approximate surface area is 179 Å². The van der Waals surface area contributed by atoms with E-state index in [1.54, 1.807) is 30.5 Å². The third-order valence-electron chi connectivity index (χ3n) is 4.44. The van der Waals surface area contributed by atoms with Gasteiger partial charge in [0.25, 0.3) is 0 Å². The molecule has 0 saturated carbocycles. The smallest absolute Gasteiger partial charge is 0.303 e. The minimum absolute atomic E-state index is 0.0276. The number of aryl methyl sites for hydroxylation is 1. The zero-order chi connectivity index (χ0) is 22.1. The molecule has 0 amide bonds. The lowest BCUT2D eigenvalue weighted by atomic mass is 10.1. The Balaban J connectivity index is 1.73. The van der Waals surface area contributed by atoms with Gasteiger partial charge in [-0.3, -0.25) is 4.79 Å². The van der Waals surface area contributed by atoms with Gasteiger partial charge in [0.1, 0.15) is 30.8 Å². The number of carboxylic acid groups (broad SMARTS) is 1. The molecule has 2 aromatic carbocycles. The fourth-order valence-corrected chi connectivity index (χ4v) is 2.87. The van der Waals surface area contributed by atoms with Gasteiger partial charge in [0.05, 0.1) is 17.9 Å². The van der Waals surface area contributed by atoms with Crippen LogP contribution in [0.15, 0.2) is 60.8 Å². The summed E-state index contributed by atoms with van der Waals surface area (Å²) in [7, 11) is 0. The molecule has 8 nitrogen and oxygen atoms in total. The number of carbonyl (C=O) groups is 1. The highest BCUT2D eigenvalue weighted by Crippen LogP contribution is 2.27. The van der Waals surface area contributed by atoms with Crippen LogP contribution in [-0.2, 0) is 17.8 Å². The molecule has 8 heteroatoms. The molecule has 1 unspecified atom stereocenters. The number of benzene rings is 2. The van der Waals surface area contributed by atoms with E-state index in [1.165, 1.54) is 0 Å². The first-order valence-corrected chi connectivity index (χ1v) is 9.82. The molecular formula is C23H24N2O6. The molecule has 162 valence electrons. The van der Waals surface area contributed by atoms with Crippen molar-refractivity contribution in [1.82, 2.24) is 9.97 Å². The zero-order valence-corrected chi connectivity index (χ0v) is 16.8. The van der Waals surface area contributed by atoms with Crippen LogP contribution in [0.3, 0.4) is 0 Å². The number of aromatic nitrogens is 2. The highest BCUT2D eigenvalue weighted by molar-refractivity contribution is 5.67. The van der Waals surface area contributed by atoms with Crippen LogP contribution in [0.25, 0.3) is 11.4 Å². The molecule has 3 rings (SSSR count). The van der Waals surface area contributed by atoms with Crippen molar-refractivity contribution in [3.05, 3.63) is 72.1 Å². The highest BCUT2D eigenvalue weighted by Gasteiger charge is 2.12. The molecule has 0 aliphatic rings. The number of carboxylic acids is 1. The average Bonchev–Trinajstić information content (AvgIpc) is 2.80. The number of aliphatic hydroxyl groups is 2. The second-order valence-electron chi connectivity index (χ2n) is 6.81. The highest BCUT2D eigenvalue weighted by atomic mass is 16.5. The fraction of sp³-hybridized carbons (Fsp3) is 0.261. The Morgan fingerprint density at radius 3 is 2.52 bits per heavy atom. The minimum Gasteiger partial charge on any atom is -0.490 e. The lowest BCUT2D eigenvalue weighted by Crippen LogP contribution is -2.21. The van der Waals surface area contributed by atoms with Gasteiger partial charge in [0.15, 0.2) is 5.82 Å². The fourth-order valence-electron chi connectivity index (χ4n) is 2.87. The molecule has 1 heterocycles. The summed E-state index contributed by atoms with van der Waals surface area (Å²) in [5, 5.41) is 27.4. The SMILES string of the molecule is O=C(O)CCc1ccccc1OCc1ccnc(-c2ccccc2OCC(O)CO)n1. The molecule has 0 spiro atoms. The maximum atomic E-state index is 10.9. The van der Waals surface area contributed by atoms with Gasteiger partial charge in [-0.25, -0.2) is 9.97 Å². The lowest BCUT2D eigenvalue weighted by molar-refractivity contribution is -0.136. The quantitative estimate of drug-likeness (QED) is 0.429. The largest absolute Gasteiger partial charge is 0.490 e. The van der Waals surface area contributed by atoms with E-state index in [2.05, 4.69) is 9.97 Å². The van der Waals surface area contributed by atoms with Crippen molar-refractivity contribution >= 4 is 5.97 Å². The molecule has 0 bridgehead atoms. The summed E-state index contributed by atoms with van der Waals surface area (Å²) < 4.78 is 11.5. The monoisotopic (exact) mass is 424 g/mol. The van der Waals surface area contributed by atoms with E-state index in [9.17, 15) is 9.90 Å². The van der Waals surface area contributed by atoms with Crippen LogP contribution in [0, 0.1) is 0 Å². The standard InChI is InChI=1S/C23H24N2O6/c26-13-18(27)15-31-21-8-4-2-6-19(21)23-24-12-11-17(25-23)14-30-20-7-3-1-5-16(20)9-10-22(28)29/h1-8,11-12,18,26-27H,9-10,13-15H2,(H,28,29). The van der Waals surface area contributed by atoms with Gasteiger partial charge < -0.3 is 24.8 Å². The topological polar surface area (TPSA) is 122 Å². The number of aliphatic hydroxyl groups excluding tert-OH is 2. The summed E-state index contributed by atoms with van der Waals surface area (Å²) in [5.74, 6) is 0.690. The molecule has 1 atom stereocenters. The summed E-state index contributed by atoms with van der Waals surface area (Å²) >= 11 is 0. The maximum Gasteiger partial charge on any atom is 0.303 e. The van der Waals surface area contributed by atoms with Gasteiger partial charge in [-0.1, -0.05) is 30.3 Å². The Kier molecular flexibility index (Phi) is 7.91. The summed E-state index contributed by atoms with van der Waals surface area (Å²) in [5.41, 5.74) is 2.11. The van der Waals surface area contributed by atoms with Gasteiger partial charge in [-0.2, -0.15) is 0 Å². The third kappa shape index (κ3) is 6.50. The van der Waals surface area contributed by atoms with Crippen LogP contribution in [0.4, 0.5) is 0 Å². The number of hydrogen-bond acceptors (Lipinski definition) is 7. The van der Waals surface area contributed by atoms with Crippen LogP contribution >= 0.6 is 0 Å². The van der Waals surface area contributed by atoms with Crippen molar-refractivity contribution in [2.45, 2.75) is 25.6 Å². The number of nitrogens with zero attached hydrogens (tertiary/aromatic N) is 2. The van der Waals surface area contributed by atoms with Gasteiger partial charge in [0.2, 0.25) is 0 Å². The van der Waals surface area contributed by atoms with Crippen molar-refractivity contribution in [3.63, 3.8) is 0 Å². The normalized spacial score (nSPS) is 11.7. The van der Waals surface area contributed by atoms with Crippen LogP contribution in [0.5, 0.6) is 11.5 Å².